The number of amides is 1. The highest BCUT2D eigenvalue weighted by molar-refractivity contribution is 5.79. The van der Waals surface area contributed by atoms with Gasteiger partial charge in [0.1, 0.15) is 54.2 Å². The van der Waals surface area contributed by atoms with Gasteiger partial charge in [-0.1, -0.05) is 66.7 Å². The molecule has 0 bridgehead atoms. The number of terminal acetylenes is 2. The molecule has 7 nitrogen and oxygen atoms in total. The maximum absolute atomic E-state index is 13.7. The summed E-state index contributed by atoms with van der Waals surface area (Å²) in [4.78, 5) is 13.7. The predicted octanol–water partition coefficient (Wildman–Crippen LogP) is 8.01. The number of para-hydroxylation sites is 1. The number of rotatable bonds is 8. The summed E-state index contributed by atoms with van der Waals surface area (Å²) >= 11 is 0. The fourth-order valence-corrected chi connectivity index (χ4v) is 7.30. The Morgan fingerprint density at radius 2 is 0.767 bits per heavy atom. The van der Waals surface area contributed by atoms with Crippen molar-refractivity contribution in [2.45, 2.75) is 18.6 Å². The average Bonchev–Trinajstić information content (AvgIpc) is 1.69. The van der Waals surface area contributed by atoms with Gasteiger partial charge in [-0.05, 0) is 153 Å². The minimum absolute atomic E-state index is 0.0436. The maximum atomic E-state index is 13.7. The van der Waals surface area contributed by atoms with Gasteiger partial charge in [0.05, 0.1) is 6.04 Å². The molecule has 1 aliphatic carbocycles. The molecule has 0 saturated heterocycles. The molecule has 1 N–H and O–H groups in total. The molecule has 0 spiro atoms. The molecule has 1 aliphatic heterocycles. The molecule has 5 aromatic carbocycles. The average molecular weight is 1090 g/mol. The lowest BCUT2D eigenvalue weighted by atomic mass is 9.94. The Kier molecular flexibility index (Phi) is 23.6. The maximum Gasteiger partial charge on any atom is 0.407 e. The summed E-state index contributed by atoms with van der Waals surface area (Å²) in [6.07, 6.45) is 14.5. The number of hydrogen-bond acceptors (Lipinski definition) is 6. The Bertz CT molecular complexity index is 4850. The van der Waals surface area contributed by atoms with Crippen molar-refractivity contribution >= 4 is 6.09 Å². The van der Waals surface area contributed by atoms with Gasteiger partial charge < -0.3 is 29.0 Å². The van der Waals surface area contributed by atoms with E-state index in [2.05, 4.69) is 279 Å². The Hall–Kier alpha value is -15.1. The number of ether oxygens (including phenoxy) is 5. The second-order valence-electron chi connectivity index (χ2n) is 15.8. The smallest absolute Gasteiger partial charge is 0.407 e. The van der Waals surface area contributed by atoms with E-state index in [-0.39, 0.29) is 30.6 Å². The summed E-state index contributed by atoms with van der Waals surface area (Å²) in [5, 5.41) is 3.09. The Labute approximate surface area is 501 Å². The third kappa shape index (κ3) is 19.7. The summed E-state index contributed by atoms with van der Waals surface area (Å²) in [5.41, 5.74) is 6.61. The number of fused-ring (bicyclic) bond motifs is 5. The molecule has 7 rings (SSSR count). The number of carbonyl (C=O) groups is 1. The van der Waals surface area contributed by atoms with E-state index in [9.17, 15) is 4.79 Å². The Morgan fingerprint density at radius 1 is 0.395 bits per heavy atom. The van der Waals surface area contributed by atoms with Crippen LogP contribution in [0.4, 0.5) is 4.79 Å². The standard InChI is InChI=1S/C79H27NO6/c1-3-5-7-9-11-13-15-17-19-21-23-25-27-29-31-33-35-37-39-47-57-82-67-59-65(60-68(61-67)83-58-48-40-38-36-34-32-30-28-26-24-22-20-18-16-14-12-10-8-6-4-2)63-84-66-55-56-74-77(62-66)86-76-54-46-45-53-73(76)78(74)80-79(81)85-64-75-71-51-43-41-49-69(71)70-50-42-44-52-72(70)75/h1-2,41-46,49-56,59-62,75,78H,63-64H2,(H,80,81). The van der Waals surface area contributed by atoms with Crippen LogP contribution in [0.2, 0.25) is 0 Å². The van der Waals surface area contributed by atoms with E-state index < -0.39 is 12.1 Å². The molecule has 5 aromatic rings. The zero-order valence-corrected chi connectivity index (χ0v) is 44.6. The first-order valence-corrected chi connectivity index (χ1v) is 24.6. The Morgan fingerprint density at radius 3 is 1.20 bits per heavy atom. The third-order valence-electron chi connectivity index (χ3n) is 10.5. The molecular weight excluding hydrogens is 1060 g/mol. The zero-order chi connectivity index (χ0) is 59.7. The van der Waals surface area contributed by atoms with Gasteiger partial charge in [-0.25, -0.2) is 4.79 Å². The van der Waals surface area contributed by atoms with E-state index in [0.29, 0.717) is 28.4 Å². The van der Waals surface area contributed by atoms with Crippen LogP contribution in [0.5, 0.6) is 28.7 Å². The molecule has 1 unspecified atom stereocenters. The van der Waals surface area contributed by atoms with Crippen molar-refractivity contribution in [1.29, 1.82) is 0 Å². The summed E-state index contributed by atoms with van der Waals surface area (Å²) in [6.45, 7) is 0.205. The lowest BCUT2D eigenvalue weighted by molar-refractivity contribution is 0.140. The van der Waals surface area contributed by atoms with E-state index in [1.807, 2.05) is 54.6 Å². The van der Waals surface area contributed by atoms with Crippen molar-refractivity contribution in [3.63, 3.8) is 0 Å². The lowest BCUT2D eigenvalue weighted by Crippen LogP contribution is -2.32. The van der Waals surface area contributed by atoms with Gasteiger partial charge >= 0.3 is 6.09 Å². The van der Waals surface area contributed by atoms with Crippen LogP contribution in [0.1, 0.15) is 39.8 Å². The van der Waals surface area contributed by atoms with Gasteiger partial charge in [0, 0.05) is 171 Å². The van der Waals surface area contributed by atoms with Crippen LogP contribution in [0.25, 0.3) is 11.1 Å². The molecule has 1 heterocycles. The van der Waals surface area contributed by atoms with Crippen LogP contribution in [-0.4, -0.2) is 12.7 Å². The van der Waals surface area contributed by atoms with Crippen LogP contribution >= 0.6 is 0 Å². The highest BCUT2D eigenvalue weighted by atomic mass is 16.5. The second-order valence-corrected chi connectivity index (χ2v) is 15.8. The third-order valence-corrected chi connectivity index (χ3v) is 10.5. The minimum Gasteiger partial charge on any atom is -0.489 e. The van der Waals surface area contributed by atoms with Gasteiger partial charge in [-0.15, -0.1) is 12.8 Å². The largest absolute Gasteiger partial charge is 0.489 e. The molecule has 7 heteroatoms. The molecule has 0 radical (unpaired) electrons. The molecule has 1 amide bonds. The van der Waals surface area contributed by atoms with Crippen LogP contribution < -0.4 is 24.3 Å². The topological polar surface area (TPSA) is 75.2 Å². The van der Waals surface area contributed by atoms with Crippen LogP contribution in [-0.2, 0) is 11.3 Å². The van der Waals surface area contributed by atoms with E-state index in [1.165, 1.54) is 0 Å². The van der Waals surface area contributed by atoms with E-state index >= 15 is 0 Å². The lowest BCUT2D eigenvalue weighted by Gasteiger charge is -2.29. The monoisotopic (exact) mass is 1090 g/mol. The normalized spacial score (nSPS) is 9.21. The molecule has 1 atom stereocenters. The van der Waals surface area contributed by atoms with Gasteiger partial charge in [0.25, 0.3) is 0 Å². The summed E-state index contributed by atoms with van der Waals surface area (Å²) < 4.78 is 30.0. The van der Waals surface area contributed by atoms with Crippen LogP contribution in [0.3, 0.4) is 0 Å². The van der Waals surface area contributed by atoms with Gasteiger partial charge in [-0.2, -0.15) is 0 Å². The highest BCUT2D eigenvalue weighted by Crippen LogP contribution is 2.46. The molecule has 2 aliphatic rings. The highest BCUT2D eigenvalue weighted by Gasteiger charge is 2.32. The molecule has 0 fully saturated rings. The number of hydrogen-bond donors (Lipinski definition) is 1. The van der Waals surface area contributed by atoms with Gasteiger partial charge in [0.15, 0.2) is 0 Å². The summed E-state index contributed by atoms with van der Waals surface area (Å²) in [6, 6.07) is 33.6. The number of nitrogens with one attached hydrogen (secondary N) is 1. The Balaban J connectivity index is 0.998. The van der Waals surface area contributed by atoms with E-state index in [1.54, 1.807) is 30.3 Å². The zero-order valence-electron chi connectivity index (χ0n) is 44.6. The van der Waals surface area contributed by atoms with Crippen molar-refractivity contribution in [2.24, 2.45) is 0 Å². The fraction of sp³-hybridized carbons (Fsp3) is 0.0506. The summed E-state index contributed by atoms with van der Waals surface area (Å²) in [5.74, 6) is 102. The molecule has 0 saturated carbocycles. The first-order valence-electron chi connectivity index (χ1n) is 24.6. The number of alkyl carbamates (subject to hydrolysis) is 1. The van der Waals surface area contributed by atoms with Crippen molar-refractivity contribution in [1.82, 2.24) is 5.32 Å². The predicted molar refractivity (Wildman–Crippen MR) is 328 cm³/mol. The number of benzene rings is 5. The molecular formula is C79H27NO6. The second kappa shape index (κ2) is 34.6. The van der Waals surface area contributed by atoms with Crippen molar-refractivity contribution in [3.8, 4) is 302 Å². The first-order chi connectivity index (χ1) is 42.6. The van der Waals surface area contributed by atoms with Gasteiger partial charge in [-0.3, -0.25) is 0 Å². The number of carbonyl (C=O) groups excluding carboxylic acids is 1. The van der Waals surface area contributed by atoms with Crippen molar-refractivity contribution < 1.29 is 28.5 Å². The van der Waals surface area contributed by atoms with Crippen LogP contribution in [0, 0.1) is 262 Å². The quantitative estimate of drug-likeness (QED) is 0.159. The van der Waals surface area contributed by atoms with Gasteiger partial charge in [0.2, 0.25) is 0 Å². The van der Waals surface area contributed by atoms with Crippen LogP contribution in [0.15, 0.2) is 109 Å². The summed E-state index contributed by atoms with van der Waals surface area (Å²) in [7, 11) is 0. The SMILES string of the molecule is C#CC#CC#CC#CC#CC#CC#CC#CC#CC#CC#COc1cc(COc2ccc3c(c2)Oc2ccccc2C3NC(=O)OCC2c3ccccc3-c3ccccc32)cc(OC#CC#CC#CC#CC#CC#CC#CC#CC#CC#CC#C)c1. The molecule has 384 valence electrons. The van der Waals surface area contributed by atoms with Crippen molar-refractivity contribution in [2.75, 3.05) is 6.61 Å². The van der Waals surface area contributed by atoms with E-state index in [0.717, 1.165) is 27.8 Å². The van der Waals surface area contributed by atoms with Crippen molar-refractivity contribution in [3.05, 3.63) is 137 Å². The van der Waals surface area contributed by atoms with E-state index in [4.69, 9.17) is 36.5 Å². The molecule has 86 heavy (non-hydrogen) atoms. The minimum atomic E-state index is -0.583. The first kappa shape index (κ1) is 58.6. The molecule has 0 aromatic heterocycles. The fourth-order valence-electron chi connectivity index (χ4n) is 7.30.